The first-order valence-corrected chi connectivity index (χ1v) is 11.5. The lowest BCUT2D eigenvalue weighted by Crippen LogP contribution is -1.94. The van der Waals surface area contributed by atoms with Gasteiger partial charge in [0, 0.05) is 35.4 Å². The molecule has 3 nitrogen and oxygen atoms in total. The highest BCUT2D eigenvalue weighted by Gasteiger charge is 2.08. The molecule has 160 valence electrons. The normalized spacial score (nSPS) is 12.1. The summed E-state index contributed by atoms with van der Waals surface area (Å²) in [4.78, 5) is 11.0. The summed E-state index contributed by atoms with van der Waals surface area (Å²) in [5.74, 6) is 0.632. The Labute approximate surface area is 188 Å². The Kier molecular flexibility index (Phi) is 11.7. The molecule has 5 heteroatoms. The minimum absolute atomic E-state index is 0.430. The molecular formula is C25H30ClNO2S. The molecule has 2 aromatic carbocycles. The molecule has 0 radical (unpaired) electrons. The summed E-state index contributed by atoms with van der Waals surface area (Å²) < 4.78 is 11.3. The monoisotopic (exact) mass is 443 g/mol. The molecule has 0 bridgehead atoms. The van der Waals surface area contributed by atoms with Gasteiger partial charge in [0.2, 0.25) is 0 Å². The lowest BCUT2D eigenvalue weighted by atomic mass is 9.99. The number of hydrogen-bond donors (Lipinski definition) is 1. The van der Waals surface area contributed by atoms with Crippen molar-refractivity contribution < 1.29 is 9.00 Å². The van der Waals surface area contributed by atoms with Crippen LogP contribution in [0.25, 0.3) is 5.57 Å². The Morgan fingerprint density at radius 2 is 1.90 bits per heavy atom. The van der Waals surface area contributed by atoms with Gasteiger partial charge in [-0.2, -0.15) is 0 Å². The number of nitrogens with one attached hydrogen (secondary N) is 1. The van der Waals surface area contributed by atoms with E-state index in [9.17, 15) is 9.00 Å². The minimum atomic E-state index is -0.891. The first-order chi connectivity index (χ1) is 14.4. The van der Waals surface area contributed by atoms with E-state index in [4.69, 9.17) is 11.6 Å². The third-order valence-corrected chi connectivity index (χ3v) is 5.90. The number of carbonyl (C=O) groups is 1. The van der Waals surface area contributed by atoms with Gasteiger partial charge >= 0.3 is 0 Å². The number of halogens is 1. The summed E-state index contributed by atoms with van der Waals surface area (Å²) in [6.07, 6.45) is 9.07. The number of carbonyl (C=O) groups excluding carboxylic acids is 1. The van der Waals surface area contributed by atoms with Gasteiger partial charge in [-0.25, -0.2) is 0 Å². The highest BCUT2D eigenvalue weighted by Crippen LogP contribution is 2.31. The van der Waals surface area contributed by atoms with Crippen LogP contribution in [0.4, 0.5) is 5.69 Å². The van der Waals surface area contributed by atoms with Gasteiger partial charge in [-0.3, -0.25) is 4.21 Å². The molecular weight excluding hydrogens is 414 g/mol. The lowest BCUT2D eigenvalue weighted by Gasteiger charge is -2.12. The van der Waals surface area contributed by atoms with E-state index in [-0.39, 0.29) is 0 Å². The second-order valence-electron chi connectivity index (χ2n) is 6.41. The SMILES string of the molecule is C=C/C=C(\C=C/C)c1c(C)cc(NC)cc1Cl.CCS(=O)c1ccc(CC=O)cc1. The second kappa shape index (κ2) is 13.7. The van der Waals surface area contributed by atoms with Crippen LogP contribution in [0.5, 0.6) is 0 Å². The van der Waals surface area contributed by atoms with E-state index in [0.717, 1.165) is 44.2 Å². The van der Waals surface area contributed by atoms with Crippen molar-refractivity contribution in [2.45, 2.75) is 32.1 Å². The first kappa shape index (κ1) is 25.6. The Hall–Kier alpha value is -2.43. The Bertz CT molecular complexity index is 908. The molecule has 1 N–H and O–H groups in total. The number of benzene rings is 2. The predicted molar refractivity (Wildman–Crippen MR) is 132 cm³/mol. The number of anilines is 1. The van der Waals surface area contributed by atoms with E-state index < -0.39 is 10.8 Å². The maximum Gasteiger partial charge on any atom is 0.124 e. The quantitative estimate of drug-likeness (QED) is 0.379. The molecule has 0 aliphatic carbocycles. The molecule has 0 aliphatic heterocycles. The van der Waals surface area contributed by atoms with Crippen LogP contribution in [0.1, 0.15) is 30.5 Å². The highest BCUT2D eigenvalue weighted by molar-refractivity contribution is 7.85. The molecule has 0 fully saturated rings. The molecule has 0 saturated carbocycles. The molecule has 2 aromatic rings. The first-order valence-electron chi connectivity index (χ1n) is 9.76. The number of hydrogen-bond acceptors (Lipinski definition) is 3. The van der Waals surface area contributed by atoms with E-state index in [0.29, 0.717) is 12.2 Å². The fourth-order valence-corrected chi connectivity index (χ4v) is 3.97. The van der Waals surface area contributed by atoms with Crippen LogP contribution in [-0.2, 0) is 22.0 Å². The summed E-state index contributed by atoms with van der Waals surface area (Å²) in [6, 6.07) is 11.3. The predicted octanol–water partition coefficient (Wildman–Crippen LogP) is 6.39. The number of allylic oxidation sites excluding steroid dienone is 5. The summed E-state index contributed by atoms with van der Waals surface area (Å²) in [5, 5.41) is 3.85. The second-order valence-corrected chi connectivity index (χ2v) is 8.55. The zero-order valence-corrected chi connectivity index (χ0v) is 19.6. The molecule has 0 aromatic heterocycles. The molecule has 0 aliphatic rings. The van der Waals surface area contributed by atoms with Crippen LogP contribution in [0, 0.1) is 6.92 Å². The van der Waals surface area contributed by atoms with Gasteiger partial charge in [0.25, 0.3) is 0 Å². The molecule has 0 saturated heterocycles. The fraction of sp³-hybridized carbons (Fsp3) is 0.240. The summed E-state index contributed by atoms with van der Waals surface area (Å²) in [5.41, 5.74) is 5.27. The van der Waals surface area contributed by atoms with Crippen LogP contribution in [-0.4, -0.2) is 23.3 Å². The highest BCUT2D eigenvalue weighted by atomic mass is 35.5. The average Bonchev–Trinajstić information content (AvgIpc) is 2.74. The molecule has 0 heterocycles. The van der Waals surface area contributed by atoms with E-state index in [2.05, 4.69) is 24.9 Å². The van der Waals surface area contributed by atoms with Crippen molar-refractivity contribution >= 4 is 39.9 Å². The standard InChI is InChI=1S/C15H18ClN.C10H12O2S/c1-5-7-12(8-6-2)15-11(3)9-13(17-4)10-14(15)16;1-2-13(12)10-5-3-9(4-6-10)7-8-11/h5-10,17H,1H2,2-4H3;3-6,8H,2,7H2,1H3/b8-6-,12-7+;. The van der Waals surface area contributed by atoms with Gasteiger partial charge in [-0.15, -0.1) is 0 Å². The van der Waals surface area contributed by atoms with Gasteiger partial charge in [0.05, 0.1) is 15.8 Å². The number of rotatable bonds is 8. The van der Waals surface area contributed by atoms with E-state index >= 15 is 0 Å². The zero-order chi connectivity index (χ0) is 22.5. The Morgan fingerprint density at radius 1 is 1.23 bits per heavy atom. The van der Waals surface area contributed by atoms with Crippen LogP contribution in [0.15, 0.2) is 72.2 Å². The molecule has 0 amide bonds. The van der Waals surface area contributed by atoms with Gasteiger partial charge in [0.1, 0.15) is 6.29 Å². The topological polar surface area (TPSA) is 46.2 Å². The summed E-state index contributed by atoms with van der Waals surface area (Å²) in [6.45, 7) is 9.67. The lowest BCUT2D eigenvalue weighted by molar-refractivity contribution is -0.107. The summed E-state index contributed by atoms with van der Waals surface area (Å²) >= 11 is 6.33. The van der Waals surface area contributed by atoms with E-state index in [1.807, 2.05) is 69.5 Å². The van der Waals surface area contributed by atoms with Crippen molar-refractivity contribution in [3.8, 4) is 0 Å². The number of aldehydes is 1. The van der Waals surface area contributed by atoms with Crippen LogP contribution >= 0.6 is 11.6 Å². The van der Waals surface area contributed by atoms with Gasteiger partial charge in [-0.1, -0.05) is 61.5 Å². The molecule has 2 rings (SSSR count). The molecule has 0 spiro atoms. The minimum Gasteiger partial charge on any atom is -0.388 e. The van der Waals surface area contributed by atoms with Gasteiger partial charge in [-0.05, 0) is 54.8 Å². The van der Waals surface area contributed by atoms with Gasteiger partial charge < -0.3 is 10.1 Å². The van der Waals surface area contributed by atoms with Crippen molar-refractivity contribution in [2.75, 3.05) is 18.1 Å². The third kappa shape index (κ3) is 7.77. The van der Waals surface area contributed by atoms with Crippen LogP contribution < -0.4 is 5.32 Å². The van der Waals surface area contributed by atoms with E-state index in [1.165, 1.54) is 0 Å². The molecule has 30 heavy (non-hydrogen) atoms. The van der Waals surface area contributed by atoms with Crippen molar-refractivity contribution in [3.05, 3.63) is 89.0 Å². The molecule has 1 atom stereocenters. The fourth-order valence-electron chi connectivity index (χ4n) is 2.82. The van der Waals surface area contributed by atoms with Crippen LogP contribution in [0.3, 0.4) is 0 Å². The van der Waals surface area contributed by atoms with E-state index in [1.54, 1.807) is 6.08 Å². The summed E-state index contributed by atoms with van der Waals surface area (Å²) in [7, 11) is 0.995. The third-order valence-electron chi connectivity index (χ3n) is 4.28. The number of aryl methyl sites for hydroxylation is 1. The largest absolute Gasteiger partial charge is 0.388 e. The maximum absolute atomic E-state index is 11.3. The Morgan fingerprint density at radius 3 is 2.37 bits per heavy atom. The maximum atomic E-state index is 11.3. The zero-order valence-electron chi connectivity index (χ0n) is 18.1. The van der Waals surface area contributed by atoms with Gasteiger partial charge in [0.15, 0.2) is 0 Å². The van der Waals surface area contributed by atoms with Crippen LogP contribution in [0.2, 0.25) is 5.02 Å². The van der Waals surface area contributed by atoms with Crippen molar-refractivity contribution in [2.24, 2.45) is 0 Å². The Balaban J connectivity index is 0.000000311. The van der Waals surface area contributed by atoms with Crippen molar-refractivity contribution in [1.29, 1.82) is 0 Å². The molecule has 1 unspecified atom stereocenters. The van der Waals surface area contributed by atoms with Crippen molar-refractivity contribution in [1.82, 2.24) is 0 Å². The van der Waals surface area contributed by atoms with Crippen molar-refractivity contribution in [3.63, 3.8) is 0 Å². The smallest absolute Gasteiger partial charge is 0.124 e. The average molecular weight is 444 g/mol.